The molecule has 0 fully saturated rings. The molecule has 0 bridgehead atoms. The lowest BCUT2D eigenvalue weighted by Gasteiger charge is -2.13. The molecule has 0 aliphatic carbocycles. The Morgan fingerprint density at radius 2 is 2.15 bits per heavy atom. The summed E-state index contributed by atoms with van der Waals surface area (Å²) in [7, 11) is 1.72. The largest absolute Gasteiger partial charge is 0.496 e. The minimum atomic E-state index is 0.558. The summed E-state index contributed by atoms with van der Waals surface area (Å²) in [4.78, 5) is 0. The van der Waals surface area contributed by atoms with Crippen LogP contribution in [0.15, 0.2) is 22.7 Å². The van der Waals surface area contributed by atoms with Crippen molar-refractivity contribution < 1.29 is 4.74 Å². The van der Waals surface area contributed by atoms with Crippen LogP contribution in [0, 0.1) is 0 Å². The molecule has 0 aliphatic rings. The lowest BCUT2D eigenvalue weighted by atomic mass is 9.98. The lowest BCUT2D eigenvalue weighted by molar-refractivity contribution is 0.405. The Balaban J connectivity index is 3.05. The zero-order valence-electron chi connectivity index (χ0n) is 8.30. The predicted octanol–water partition coefficient (Wildman–Crippen LogP) is 3.97. The molecule has 0 aliphatic heterocycles. The second-order valence-electron chi connectivity index (χ2n) is 3.20. The first-order valence-electron chi connectivity index (χ1n) is 4.52. The second-order valence-corrected chi connectivity index (χ2v) is 4.11. The summed E-state index contributed by atoms with van der Waals surface area (Å²) in [5.74, 6) is 1.53. The minimum absolute atomic E-state index is 0.558. The van der Waals surface area contributed by atoms with E-state index in [0.29, 0.717) is 5.92 Å². The molecule has 1 rings (SSSR count). The zero-order chi connectivity index (χ0) is 9.84. The van der Waals surface area contributed by atoms with Crippen LogP contribution in [0.25, 0.3) is 0 Å². The number of rotatable bonds is 3. The van der Waals surface area contributed by atoms with E-state index in [-0.39, 0.29) is 0 Å². The van der Waals surface area contributed by atoms with Gasteiger partial charge in [0.05, 0.1) is 7.11 Å². The SMILES string of the molecule is CCC(C)c1ccc(Br)cc1OC. The molecule has 1 nitrogen and oxygen atoms in total. The molecule has 0 aromatic heterocycles. The monoisotopic (exact) mass is 242 g/mol. The summed E-state index contributed by atoms with van der Waals surface area (Å²) in [6.45, 7) is 4.40. The topological polar surface area (TPSA) is 9.23 Å². The highest BCUT2D eigenvalue weighted by Crippen LogP contribution is 2.30. The van der Waals surface area contributed by atoms with Gasteiger partial charge >= 0.3 is 0 Å². The normalized spacial score (nSPS) is 12.6. The maximum absolute atomic E-state index is 5.32. The van der Waals surface area contributed by atoms with Crippen molar-refractivity contribution in [3.63, 3.8) is 0 Å². The van der Waals surface area contributed by atoms with E-state index in [0.717, 1.165) is 16.6 Å². The standard InChI is InChI=1S/C11H15BrO/c1-4-8(2)10-6-5-9(12)7-11(10)13-3/h5-8H,4H2,1-3H3. The van der Waals surface area contributed by atoms with Crippen LogP contribution in [0.4, 0.5) is 0 Å². The Hall–Kier alpha value is -0.500. The Morgan fingerprint density at radius 1 is 1.46 bits per heavy atom. The molecule has 1 unspecified atom stereocenters. The summed E-state index contributed by atoms with van der Waals surface area (Å²) < 4.78 is 6.39. The Morgan fingerprint density at radius 3 is 2.69 bits per heavy atom. The first-order valence-corrected chi connectivity index (χ1v) is 5.31. The number of ether oxygens (including phenoxy) is 1. The number of hydrogen-bond acceptors (Lipinski definition) is 1. The summed E-state index contributed by atoms with van der Waals surface area (Å²) in [5, 5.41) is 0. The van der Waals surface area contributed by atoms with Crippen LogP contribution < -0.4 is 4.74 Å². The van der Waals surface area contributed by atoms with Crippen LogP contribution in [0.5, 0.6) is 5.75 Å². The van der Waals surface area contributed by atoms with Crippen LogP contribution >= 0.6 is 15.9 Å². The van der Waals surface area contributed by atoms with Crippen molar-refractivity contribution in [3.8, 4) is 5.75 Å². The van der Waals surface area contributed by atoms with E-state index in [4.69, 9.17) is 4.74 Å². The molecule has 0 spiro atoms. The third kappa shape index (κ3) is 2.47. The minimum Gasteiger partial charge on any atom is -0.496 e. The molecule has 0 saturated heterocycles. The van der Waals surface area contributed by atoms with Crippen molar-refractivity contribution in [3.05, 3.63) is 28.2 Å². The first kappa shape index (κ1) is 10.6. The highest BCUT2D eigenvalue weighted by atomic mass is 79.9. The third-order valence-corrected chi connectivity index (χ3v) is 2.83. The lowest BCUT2D eigenvalue weighted by Crippen LogP contribution is -1.96. The van der Waals surface area contributed by atoms with Crippen molar-refractivity contribution in [2.24, 2.45) is 0 Å². The predicted molar refractivity (Wildman–Crippen MR) is 59.4 cm³/mol. The van der Waals surface area contributed by atoms with Crippen molar-refractivity contribution >= 4 is 15.9 Å². The number of methoxy groups -OCH3 is 1. The van der Waals surface area contributed by atoms with Crippen molar-refractivity contribution in [1.82, 2.24) is 0 Å². The van der Waals surface area contributed by atoms with Crippen LogP contribution in [0.3, 0.4) is 0 Å². The van der Waals surface area contributed by atoms with Gasteiger partial charge in [0.1, 0.15) is 5.75 Å². The van der Waals surface area contributed by atoms with E-state index in [1.54, 1.807) is 7.11 Å². The second kappa shape index (κ2) is 4.66. The summed E-state index contributed by atoms with van der Waals surface area (Å²) >= 11 is 3.43. The van der Waals surface area contributed by atoms with E-state index in [2.05, 4.69) is 41.9 Å². The van der Waals surface area contributed by atoms with Gasteiger partial charge in [-0.15, -0.1) is 0 Å². The van der Waals surface area contributed by atoms with Crippen LogP contribution in [-0.2, 0) is 0 Å². The fourth-order valence-corrected chi connectivity index (χ4v) is 1.65. The summed E-state index contributed by atoms with van der Waals surface area (Å²) in [6.07, 6.45) is 1.14. The van der Waals surface area contributed by atoms with Gasteiger partial charge in [-0.25, -0.2) is 0 Å². The van der Waals surface area contributed by atoms with E-state index in [1.165, 1.54) is 5.56 Å². The molecule has 72 valence electrons. The Labute approximate surface area is 88.2 Å². The highest BCUT2D eigenvalue weighted by Gasteiger charge is 2.09. The zero-order valence-corrected chi connectivity index (χ0v) is 9.89. The van der Waals surface area contributed by atoms with Crippen molar-refractivity contribution in [1.29, 1.82) is 0 Å². The molecular formula is C11H15BrO. The molecule has 13 heavy (non-hydrogen) atoms. The third-order valence-electron chi connectivity index (χ3n) is 2.34. The quantitative estimate of drug-likeness (QED) is 0.780. The maximum Gasteiger partial charge on any atom is 0.123 e. The molecule has 0 heterocycles. The van der Waals surface area contributed by atoms with Gasteiger partial charge in [0.2, 0.25) is 0 Å². The van der Waals surface area contributed by atoms with Gasteiger partial charge in [-0.2, -0.15) is 0 Å². The number of halogens is 1. The van der Waals surface area contributed by atoms with Gasteiger partial charge in [0.25, 0.3) is 0 Å². The maximum atomic E-state index is 5.32. The van der Waals surface area contributed by atoms with Crippen LogP contribution in [-0.4, -0.2) is 7.11 Å². The molecule has 1 aromatic carbocycles. The van der Waals surface area contributed by atoms with Gasteiger partial charge in [0.15, 0.2) is 0 Å². The average molecular weight is 243 g/mol. The molecule has 0 saturated carbocycles. The molecule has 0 radical (unpaired) electrons. The van der Waals surface area contributed by atoms with Crippen LogP contribution in [0.1, 0.15) is 31.7 Å². The summed E-state index contributed by atoms with van der Waals surface area (Å²) in [5.41, 5.74) is 1.29. The smallest absolute Gasteiger partial charge is 0.123 e. The van der Waals surface area contributed by atoms with E-state index >= 15 is 0 Å². The molecule has 0 N–H and O–H groups in total. The first-order chi connectivity index (χ1) is 6.19. The summed E-state index contributed by atoms with van der Waals surface area (Å²) in [6, 6.07) is 6.20. The average Bonchev–Trinajstić information content (AvgIpc) is 2.16. The molecule has 1 aromatic rings. The molecular weight excluding hydrogens is 228 g/mol. The van der Waals surface area contributed by atoms with E-state index in [9.17, 15) is 0 Å². The van der Waals surface area contributed by atoms with Crippen molar-refractivity contribution in [2.75, 3.05) is 7.11 Å². The van der Waals surface area contributed by atoms with Gasteiger partial charge in [-0.05, 0) is 30.0 Å². The van der Waals surface area contributed by atoms with Gasteiger partial charge in [-0.1, -0.05) is 35.8 Å². The number of hydrogen-bond donors (Lipinski definition) is 0. The van der Waals surface area contributed by atoms with Gasteiger partial charge in [-0.3, -0.25) is 0 Å². The van der Waals surface area contributed by atoms with Crippen LogP contribution in [0.2, 0.25) is 0 Å². The fourth-order valence-electron chi connectivity index (χ4n) is 1.31. The van der Waals surface area contributed by atoms with Gasteiger partial charge < -0.3 is 4.74 Å². The highest BCUT2D eigenvalue weighted by molar-refractivity contribution is 9.10. The Kier molecular flexibility index (Phi) is 3.79. The molecule has 1 atom stereocenters. The number of benzene rings is 1. The van der Waals surface area contributed by atoms with E-state index in [1.807, 2.05) is 6.07 Å². The van der Waals surface area contributed by atoms with Gasteiger partial charge in [0, 0.05) is 4.47 Å². The fraction of sp³-hybridized carbons (Fsp3) is 0.455. The van der Waals surface area contributed by atoms with Crippen molar-refractivity contribution in [2.45, 2.75) is 26.2 Å². The molecule has 2 heteroatoms. The molecule has 0 amide bonds. The van der Waals surface area contributed by atoms with E-state index < -0.39 is 0 Å². The Bertz CT molecular complexity index is 283.